The monoisotopic (exact) mass is 570 g/mol. The molecule has 4 aromatic carbocycles. The van der Waals surface area contributed by atoms with Crippen LogP contribution in [0, 0.1) is 6.92 Å². The second-order valence-electron chi connectivity index (χ2n) is 11.0. The third kappa shape index (κ3) is 7.17. The van der Waals surface area contributed by atoms with Gasteiger partial charge in [0.25, 0.3) is 0 Å². The number of aromatic nitrogens is 2. The predicted octanol–water partition coefficient (Wildman–Crippen LogP) is 11.5. The van der Waals surface area contributed by atoms with Gasteiger partial charge in [0.05, 0.1) is 17.1 Å². The van der Waals surface area contributed by atoms with Crippen LogP contribution in [0.4, 0.5) is 0 Å². The Morgan fingerprint density at radius 2 is 1.09 bits per heavy atom. The summed E-state index contributed by atoms with van der Waals surface area (Å²) in [4.78, 5) is 9.26. The molecule has 0 amide bonds. The molecule has 0 radical (unpaired) electrons. The highest BCUT2D eigenvalue weighted by molar-refractivity contribution is 5.88. The molecule has 0 spiro atoms. The molecule has 0 saturated heterocycles. The summed E-state index contributed by atoms with van der Waals surface area (Å²) in [6.45, 7) is 12.8. The van der Waals surface area contributed by atoms with Crippen molar-refractivity contribution in [3.63, 3.8) is 0 Å². The van der Waals surface area contributed by atoms with Gasteiger partial charge in [0, 0.05) is 11.8 Å². The third-order valence-corrected chi connectivity index (χ3v) is 7.86. The maximum atomic E-state index is 4.84. The topological polar surface area (TPSA) is 25.8 Å². The Hall–Kier alpha value is -5.34. The molecular formula is C42H38N2. The summed E-state index contributed by atoms with van der Waals surface area (Å²) in [5.41, 5.74) is 14.9. The first-order valence-corrected chi connectivity index (χ1v) is 15.0. The Kier molecular flexibility index (Phi) is 9.74. The Morgan fingerprint density at radius 1 is 0.523 bits per heavy atom. The smallest absolute Gasteiger partial charge is 0.0893 e. The van der Waals surface area contributed by atoms with E-state index in [0.717, 1.165) is 33.8 Å². The van der Waals surface area contributed by atoms with Crippen molar-refractivity contribution in [2.45, 2.75) is 27.7 Å². The van der Waals surface area contributed by atoms with Crippen molar-refractivity contribution in [2.75, 3.05) is 0 Å². The summed E-state index contributed by atoms with van der Waals surface area (Å²) in [5.74, 6) is 0. The molecule has 0 unspecified atom stereocenters. The summed E-state index contributed by atoms with van der Waals surface area (Å²) in [7, 11) is 0. The summed E-state index contributed by atoms with van der Waals surface area (Å²) >= 11 is 0. The van der Waals surface area contributed by atoms with E-state index in [4.69, 9.17) is 4.98 Å². The van der Waals surface area contributed by atoms with Crippen molar-refractivity contribution in [1.82, 2.24) is 9.97 Å². The van der Waals surface area contributed by atoms with E-state index in [9.17, 15) is 0 Å². The van der Waals surface area contributed by atoms with E-state index < -0.39 is 0 Å². The fraction of sp³-hybridized carbons (Fsp3) is 0.0952. The Balaban J connectivity index is 0.000000204. The maximum Gasteiger partial charge on any atom is 0.0893 e. The highest BCUT2D eigenvalue weighted by Gasteiger charge is 2.11. The molecule has 216 valence electrons. The van der Waals surface area contributed by atoms with Gasteiger partial charge in [-0.2, -0.15) is 0 Å². The average molecular weight is 571 g/mol. The van der Waals surface area contributed by atoms with Crippen LogP contribution in [0.25, 0.3) is 50.5 Å². The quantitative estimate of drug-likeness (QED) is 0.186. The Bertz CT molecular complexity index is 1840. The molecule has 0 bridgehead atoms. The van der Waals surface area contributed by atoms with Gasteiger partial charge < -0.3 is 0 Å². The molecule has 0 aliphatic carbocycles. The van der Waals surface area contributed by atoms with Crippen LogP contribution >= 0.6 is 0 Å². The van der Waals surface area contributed by atoms with Crippen molar-refractivity contribution in [1.29, 1.82) is 0 Å². The number of allylic oxidation sites excluding steroid dienone is 3. The van der Waals surface area contributed by atoms with Gasteiger partial charge in [-0.15, -0.1) is 0 Å². The third-order valence-electron chi connectivity index (χ3n) is 7.86. The molecule has 0 fully saturated rings. The first-order chi connectivity index (χ1) is 21.4. The van der Waals surface area contributed by atoms with E-state index in [0.29, 0.717) is 0 Å². The number of hydrogen-bond donors (Lipinski definition) is 0. The lowest BCUT2D eigenvalue weighted by Crippen LogP contribution is -1.93. The zero-order valence-electron chi connectivity index (χ0n) is 26.0. The van der Waals surface area contributed by atoms with Gasteiger partial charge in [-0.3, -0.25) is 4.98 Å². The number of benzene rings is 4. The zero-order valence-corrected chi connectivity index (χ0v) is 26.0. The molecule has 0 aliphatic rings. The van der Waals surface area contributed by atoms with Gasteiger partial charge in [0.15, 0.2) is 0 Å². The SMILES string of the molecule is C/C(=C(\C)c1ccccc1)c1ccccc1.C=C(C)c1cc(-c2cccc(-c3ccccn3)n2)ccc1-c1ccccc1C. The van der Waals surface area contributed by atoms with Gasteiger partial charge in [-0.25, -0.2) is 4.98 Å². The summed E-state index contributed by atoms with van der Waals surface area (Å²) in [6, 6.07) is 47.9. The van der Waals surface area contributed by atoms with Crippen LogP contribution in [0.5, 0.6) is 0 Å². The van der Waals surface area contributed by atoms with Crippen LogP contribution in [0.15, 0.2) is 152 Å². The van der Waals surface area contributed by atoms with Crippen molar-refractivity contribution in [2.24, 2.45) is 0 Å². The molecule has 2 heteroatoms. The minimum absolute atomic E-state index is 0.873. The van der Waals surface area contributed by atoms with Crippen LogP contribution in [0.3, 0.4) is 0 Å². The molecule has 2 nitrogen and oxygen atoms in total. The second kappa shape index (κ2) is 14.2. The molecule has 2 heterocycles. The number of rotatable bonds is 6. The number of hydrogen-bond acceptors (Lipinski definition) is 2. The fourth-order valence-electron chi connectivity index (χ4n) is 5.23. The normalized spacial score (nSPS) is 11.2. The van der Waals surface area contributed by atoms with Crippen LogP contribution in [0.2, 0.25) is 0 Å². The molecule has 44 heavy (non-hydrogen) atoms. The zero-order chi connectivity index (χ0) is 30.9. The van der Waals surface area contributed by atoms with Gasteiger partial charge in [0.1, 0.15) is 0 Å². The van der Waals surface area contributed by atoms with Crippen LogP contribution < -0.4 is 0 Å². The standard InChI is InChI=1S/C26H22N2.C16H16/c1-18(2)23-17-20(14-15-22(23)21-10-5-4-9-19(21)3)24-12-8-13-26(28-24)25-11-6-7-16-27-25;1-13(15-9-5-3-6-10-15)14(2)16-11-7-4-8-12-16/h4-17H,1H2,2-3H3;3-12H,1-2H3/b;14-13-. The average Bonchev–Trinajstić information content (AvgIpc) is 3.09. The Morgan fingerprint density at radius 3 is 1.68 bits per heavy atom. The molecule has 6 aromatic rings. The van der Waals surface area contributed by atoms with E-state index in [2.05, 4.69) is 142 Å². The van der Waals surface area contributed by atoms with E-state index >= 15 is 0 Å². The molecule has 6 rings (SSSR count). The molecular weight excluding hydrogens is 532 g/mol. The minimum Gasteiger partial charge on any atom is -0.255 e. The van der Waals surface area contributed by atoms with Gasteiger partial charge in [-0.1, -0.05) is 121 Å². The predicted molar refractivity (Wildman–Crippen MR) is 189 cm³/mol. The van der Waals surface area contributed by atoms with E-state index in [-0.39, 0.29) is 0 Å². The number of pyridine rings is 2. The molecule has 2 aromatic heterocycles. The van der Waals surface area contributed by atoms with Gasteiger partial charge in [-0.05, 0) is 103 Å². The van der Waals surface area contributed by atoms with Crippen LogP contribution in [-0.4, -0.2) is 9.97 Å². The fourth-order valence-corrected chi connectivity index (χ4v) is 5.23. The van der Waals surface area contributed by atoms with E-state index in [1.165, 1.54) is 39.0 Å². The van der Waals surface area contributed by atoms with Crippen molar-refractivity contribution >= 4 is 16.7 Å². The first kappa shape index (κ1) is 30.1. The molecule has 0 saturated carbocycles. The van der Waals surface area contributed by atoms with E-state index in [1.807, 2.05) is 36.4 Å². The number of nitrogens with zero attached hydrogens (tertiary/aromatic N) is 2. The molecule has 0 atom stereocenters. The largest absolute Gasteiger partial charge is 0.255 e. The lowest BCUT2D eigenvalue weighted by atomic mass is 9.91. The maximum absolute atomic E-state index is 4.84. The lowest BCUT2D eigenvalue weighted by molar-refractivity contribution is 1.25. The summed E-state index contributed by atoms with van der Waals surface area (Å²) in [5, 5.41) is 0. The second-order valence-corrected chi connectivity index (χ2v) is 11.0. The van der Waals surface area contributed by atoms with Gasteiger partial charge >= 0.3 is 0 Å². The van der Waals surface area contributed by atoms with E-state index in [1.54, 1.807) is 6.20 Å². The highest BCUT2D eigenvalue weighted by atomic mass is 14.8. The first-order valence-electron chi connectivity index (χ1n) is 15.0. The lowest BCUT2D eigenvalue weighted by Gasteiger charge is -2.14. The highest BCUT2D eigenvalue weighted by Crippen LogP contribution is 2.34. The number of aryl methyl sites for hydroxylation is 1. The summed E-state index contributed by atoms with van der Waals surface area (Å²) in [6.07, 6.45) is 1.79. The molecule has 0 N–H and O–H groups in total. The summed E-state index contributed by atoms with van der Waals surface area (Å²) < 4.78 is 0. The van der Waals surface area contributed by atoms with Crippen molar-refractivity contribution in [3.05, 3.63) is 175 Å². The Labute approximate surface area is 262 Å². The van der Waals surface area contributed by atoms with Crippen molar-refractivity contribution < 1.29 is 0 Å². The minimum atomic E-state index is 0.873. The van der Waals surface area contributed by atoms with Crippen LogP contribution in [-0.2, 0) is 0 Å². The van der Waals surface area contributed by atoms with Crippen molar-refractivity contribution in [3.8, 4) is 33.8 Å². The van der Waals surface area contributed by atoms with Crippen LogP contribution in [0.1, 0.15) is 43.0 Å². The van der Waals surface area contributed by atoms with Gasteiger partial charge in [0.2, 0.25) is 0 Å². The molecule has 0 aliphatic heterocycles.